The normalized spacial score (nSPS) is 17.4. The summed E-state index contributed by atoms with van der Waals surface area (Å²) in [6.07, 6.45) is 0.940. The summed E-state index contributed by atoms with van der Waals surface area (Å²) in [5, 5.41) is 3.32. The van der Waals surface area contributed by atoms with Crippen molar-refractivity contribution in [3.05, 3.63) is 71.8 Å². The number of benzene rings is 2. The number of nitrogens with zero attached hydrogens (tertiary/aromatic N) is 1. The number of nitrogens with one attached hydrogen (secondary N) is 1. The molecule has 1 atom stereocenters. The second-order valence-corrected chi connectivity index (χ2v) is 7.45. The molecule has 0 saturated carbocycles. The van der Waals surface area contributed by atoms with Gasteiger partial charge in [-0.05, 0) is 18.5 Å². The highest BCUT2D eigenvalue weighted by molar-refractivity contribution is 8.14. The molecule has 5 heteroatoms. The fourth-order valence-electron chi connectivity index (χ4n) is 2.89. The zero-order valence-corrected chi connectivity index (χ0v) is 14.9. The minimum absolute atomic E-state index is 0.0314. The van der Waals surface area contributed by atoms with Crippen LogP contribution in [0.5, 0.6) is 0 Å². The van der Waals surface area contributed by atoms with E-state index in [9.17, 15) is 9.59 Å². The van der Waals surface area contributed by atoms with Crippen molar-refractivity contribution < 1.29 is 9.59 Å². The first-order valence-electron chi connectivity index (χ1n) is 8.50. The summed E-state index contributed by atoms with van der Waals surface area (Å²) in [5.74, 6) is 0.0314. The first kappa shape index (κ1) is 17.7. The van der Waals surface area contributed by atoms with Crippen LogP contribution in [0.3, 0.4) is 0 Å². The fraction of sp³-hybridized carbons (Fsp3) is 0.300. The number of thioether (sulfide) groups is 1. The van der Waals surface area contributed by atoms with Crippen LogP contribution in [-0.2, 0) is 11.3 Å². The van der Waals surface area contributed by atoms with Gasteiger partial charge in [0.1, 0.15) is 0 Å². The van der Waals surface area contributed by atoms with Gasteiger partial charge in [0, 0.05) is 23.9 Å². The van der Waals surface area contributed by atoms with Gasteiger partial charge >= 0.3 is 0 Å². The van der Waals surface area contributed by atoms with Crippen LogP contribution in [0.15, 0.2) is 60.7 Å². The average Bonchev–Trinajstić information content (AvgIpc) is 3.08. The fourth-order valence-corrected chi connectivity index (χ4v) is 3.97. The lowest BCUT2D eigenvalue weighted by molar-refractivity contribution is -0.122. The molecule has 2 aromatic carbocycles. The third-order valence-electron chi connectivity index (χ3n) is 4.21. The van der Waals surface area contributed by atoms with Crippen LogP contribution in [0.1, 0.15) is 22.3 Å². The first-order valence-corrected chi connectivity index (χ1v) is 9.37. The van der Waals surface area contributed by atoms with Gasteiger partial charge in [-0.25, -0.2) is 0 Å². The Morgan fingerprint density at radius 2 is 1.72 bits per heavy atom. The highest BCUT2D eigenvalue weighted by Crippen LogP contribution is 2.25. The molecule has 1 N–H and O–H groups in total. The Bertz CT molecular complexity index is 706. The standard InChI is InChI=1S/C20H22N2O2S/c23-19(21-13-16-7-3-1-4-8-16)15-22-12-11-18(14-22)25-20(24)17-9-5-2-6-10-17/h1-10,18H,11-15H2,(H,21,23). The molecule has 25 heavy (non-hydrogen) atoms. The van der Waals surface area contributed by atoms with Crippen molar-refractivity contribution in [2.24, 2.45) is 0 Å². The number of likely N-dealkylation sites (tertiary alicyclic amines) is 1. The molecule has 1 heterocycles. The van der Waals surface area contributed by atoms with Gasteiger partial charge in [-0.15, -0.1) is 0 Å². The van der Waals surface area contributed by atoms with E-state index in [4.69, 9.17) is 0 Å². The molecular formula is C20H22N2O2S. The Morgan fingerprint density at radius 1 is 1.04 bits per heavy atom. The molecule has 1 fully saturated rings. The van der Waals surface area contributed by atoms with Gasteiger partial charge in [-0.1, -0.05) is 72.4 Å². The molecule has 1 aliphatic rings. The van der Waals surface area contributed by atoms with E-state index in [2.05, 4.69) is 10.2 Å². The van der Waals surface area contributed by atoms with Crippen LogP contribution in [0, 0.1) is 0 Å². The summed E-state index contributed by atoms with van der Waals surface area (Å²) < 4.78 is 0. The molecule has 0 spiro atoms. The van der Waals surface area contributed by atoms with Gasteiger partial charge in [0.25, 0.3) is 0 Å². The maximum atomic E-state index is 12.3. The highest BCUT2D eigenvalue weighted by atomic mass is 32.2. The van der Waals surface area contributed by atoms with Gasteiger partial charge in [-0.2, -0.15) is 0 Å². The molecule has 0 bridgehead atoms. The van der Waals surface area contributed by atoms with E-state index in [0.717, 1.165) is 30.6 Å². The lowest BCUT2D eigenvalue weighted by Crippen LogP contribution is -2.36. The zero-order chi connectivity index (χ0) is 17.5. The second kappa shape index (κ2) is 8.83. The predicted molar refractivity (Wildman–Crippen MR) is 101 cm³/mol. The second-order valence-electron chi connectivity index (χ2n) is 6.18. The molecular weight excluding hydrogens is 332 g/mol. The lowest BCUT2D eigenvalue weighted by Gasteiger charge is -2.15. The molecule has 1 amide bonds. The Balaban J connectivity index is 1.40. The quantitative estimate of drug-likeness (QED) is 0.866. The van der Waals surface area contributed by atoms with Crippen molar-refractivity contribution in [3.8, 4) is 0 Å². The van der Waals surface area contributed by atoms with Gasteiger partial charge in [0.2, 0.25) is 11.0 Å². The third-order valence-corrected chi connectivity index (χ3v) is 5.38. The Morgan fingerprint density at radius 3 is 2.44 bits per heavy atom. The predicted octanol–water partition coefficient (Wildman–Crippen LogP) is 2.95. The number of hydrogen-bond acceptors (Lipinski definition) is 4. The van der Waals surface area contributed by atoms with Crippen molar-refractivity contribution in [2.45, 2.75) is 18.2 Å². The topological polar surface area (TPSA) is 49.4 Å². The van der Waals surface area contributed by atoms with Crippen molar-refractivity contribution in [1.82, 2.24) is 10.2 Å². The average molecular weight is 354 g/mol. The number of hydrogen-bond donors (Lipinski definition) is 1. The van der Waals surface area contributed by atoms with E-state index in [0.29, 0.717) is 13.1 Å². The summed E-state index contributed by atoms with van der Waals surface area (Å²) >= 11 is 1.39. The van der Waals surface area contributed by atoms with Crippen LogP contribution in [0.25, 0.3) is 0 Å². The number of carbonyl (C=O) groups is 2. The molecule has 2 aromatic rings. The van der Waals surface area contributed by atoms with Crippen molar-refractivity contribution in [3.63, 3.8) is 0 Å². The zero-order valence-electron chi connectivity index (χ0n) is 14.1. The first-order chi connectivity index (χ1) is 12.2. The largest absolute Gasteiger partial charge is 0.351 e. The SMILES string of the molecule is O=C(CN1CCC(SC(=O)c2ccccc2)C1)NCc1ccccc1. The number of rotatable bonds is 6. The Hall–Kier alpha value is -2.11. The van der Waals surface area contributed by atoms with Crippen LogP contribution in [0.4, 0.5) is 0 Å². The lowest BCUT2D eigenvalue weighted by atomic mass is 10.2. The molecule has 4 nitrogen and oxygen atoms in total. The molecule has 1 aliphatic heterocycles. The van der Waals surface area contributed by atoms with Gasteiger partial charge in [0.15, 0.2) is 0 Å². The molecule has 0 aliphatic carbocycles. The minimum atomic E-state index is 0.0314. The van der Waals surface area contributed by atoms with Crippen molar-refractivity contribution >= 4 is 22.8 Å². The molecule has 0 radical (unpaired) electrons. The van der Waals surface area contributed by atoms with Crippen LogP contribution in [0.2, 0.25) is 0 Å². The van der Waals surface area contributed by atoms with E-state index in [1.54, 1.807) is 0 Å². The highest BCUT2D eigenvalue weighted by Gasteiger charge is 2.26. The van der Waals surface area contributed by atoms with Gasteiger partial charge in [-0.3, -0.25) is 14.5 Å². The molecule has 3 rings (SSSR count). The summed E-state index contributed by atoms with van der Waals surface area (Å²) in [6, 6.07) is 19.3. The van der Waals surface area contributed by atoms with E-state index >= 15 is 0 Å². The maximum absolute atomic E-state index is 12.3. The van der Waals surface area contributed by atoms with Crippen molar-refractivity contribution in [1.29, 1.82) is 0 Å². The van der Waals surface area contributed by atoms with E-state index in [-0.39, 0.29) is 16.3 Å². The van der Waals surface area contributed by atoms with Crippen LogP contribution >= 0.6 is 11.8 Å². The summed E-state index contributed by atoms with van der Waals surface area (Å²) in [4.78, 5) is 26.5. The maximum Gasteiger partial charge on any atom is 0.234 e. The number of carbonyl (C=O) groups excluding carboxylic acids is 2. The molecule has 130 valence electrons. The molecule has 1 saturated heterocycles. The summed E-state index contributed by atoms with van der Waals surface area (Å²) in [5.41, 5.74) is 1.84. The van der Waals surface area contributed by atoms with Crippen molar-refractivity contribution in [2.75, 3.05) is 19.6 Å². The Kier molecular flexibility index (Phi) is 6.25. The summed E-state index contributed by atoms with van der Waals surface area (Å²) in [6.45, 7) is 2.59. The van der Waals surface area contributed by atoms with Crippen LogP contribution < -0.4 is 5.32 Å². The Labute approximate surface area is 152 Å². The van der Waals surface area contributed by atoms with Gasteiger partial charge < -0.3 is 5.32 Å². The third kappa shape index (κ3) is 5.44. The van der Waals surface area contributed by atoms with Gasteiger partial charge in [0.05, 0.1) is 6.54 Å². The van der Waals surface area contributed by atoms with E-state index in [1.165, 1.54) is 11.8 Å². The minimum Gasteiger partial charge on any atom is -0.351 e. The molecule has 0 aromatic heterocycles. The smallest absolute Gasteiger partial charge is 0.234 e. The number of amides is 1. The van der Waals surface area contributed by atoms with E-state index < -0.39 is 0 Å². The monoisotopic (exact) mass is 354 g/mol. The van der Waals surface area contributed by atoms with E-state index in [1.807, 2.05) is 60.7 Å². The van der Waals surface area contributed by atoms with Crippen LogP contribution in [-0.4, -0.2) is 40.8 Å². The summed E-state index contributed by atoms with van der Waals surface area (Å²) in [7, 11) is 0. The molecule has 1 unspecified atom stereocenters.